The molecule has 0 saturated heterocycles. The number of hydrogen-bond acceptors (Lipinski definition) is 7. The van der Waals surface area contributed by atoms with Gasteiger partial charge in [-0.1, -0.05) is 115 Å². The number of fused-ring (bicyclic) bond motifs is 2. The van der Waals surface area contributed by atoms with Gasteiger partial charge in [0.2, 0.25) is 0 Å². The highest BCUT2D eigenvalue weighted by molar-refractivity contribution is 6.04. The standard InChI is InChI=1S/C49H33N7/c1-3-13-32(14-4-1)47-54-48(33-15-5-2-6-16-33)56-49(55-47)40-24-23-39(37-17-7-8-18-38(37)40)42-26-22-35-29-34(21-25-41(35)52-42)36-30-45(43-19-9-11-27-50-43)53-46(31-36)44-20-10-12-28-51-44/h1-31,45,53H. The molecule has 7 nitrogen and oxygen atoms in total. The van der Waals surface area contributed by atoms with Crippen LogP contribution in [0.2, 0.25) is 0 Å². The van der Waals surface area contributed by atoms with Crippen molar-refractivity contribution in [3.8, 4) is 45.4 Å². The molecule has 264 valence electrons. The van der Waals surface area contributed by atoms with Crippen LogP contribution >= 0.6 is 0 Å². The van der Waals surface area contributed by atoms with Crippen LogP contribution in [0.5, 0.6) is 0 Å². The molecule has 0 radical (unpaired) electrons. The van der Waals surface area contributed by atoms with E-state index in [1.807, 2.05) is 109 Å². The Morgan fingerprint density at radius 3 is 1.79 bits per heavy atom. The van der Waals surface area contributed by atoms with Gasteiger partial charge in [-0.25, -0.2) is 19.9 Å². The maximum absolute atomic E-state index is 5.21. The Labute approximate surface area is 323 Å². The lowest BCUT2D eigenvalue weighted by molar-refractivity contribution is 0.736. The van der Waals surface area contributed by atoms with Crippen molar-refractivity contribution in [2.75, 3.05) is 0 Å². The van der Waals surface area contributed by atoms with Crippen LogP contribution in [0.1, 0.15) is 23.0 Å². The van der Waals surface area contributed by atoms with Crippen LogP contribution in [0.4, 0.5) is 0 Å². The fourth-order valence-corrected chi connectivity index (χ4v) is 7.30. The Morgan fingerprint density at radius 2 is 1.09 bits per heavy atom. The molecule has 5 aromatic carbocycles. The quantitative estimate of drug-likeness (QED) is 0.175. The topological polar surface area (TPSA) is 89.4 Å². The van der Waals surface area contributed by atoms with Crippen LogP contribution in [0, 0.1) is 0 Å². The smallest absolute Gasteiger partial charge is 0.164 e. The van der Waals surface area contributed by atoms with Crippen molar-refractivity contribution in [1.29, 1.82) is 0 Å². The molecule has 10 rings (SSSR count). The largest absolute Gasteiger partial charge is 0.371 e. The highest BCUT2D eigenvalue weighted by Gasteiger charge is 2.21. The minimum Gasteiger partial charge on any atom is -0.371 e. The molecule has 1 atom stereocenters. The van der Waals surface area contributed by atoms with Crippen molar-refractivity contribution in [1.82, 2.24) is 35.2 Å². The van der Waals surface area contributed by atoms with Crippen molar-refractivity contribution in [3.63, 3.8) is 0 Å². The summed E-state index contributed by atoms with van der Waals surface area (Å²) in [4.78, 5) is 29.4. The van der Waals surface area contributed by atoms with E-state index in [4.69, 9.17) is 19.9 Å². The van der Waals surface area contributed by atoms with Gasteiger partial charge in [0, 0.05) is 40.0 Å². The van der Waals surface area contributed by atoms with Crippen LogP contribution in [-0.2, 0) is 0 Å². The Kier molecular flexibility index (Phi) is 8.42. The number of allylic oxidation sites excluding steroid dienone is 2. The fraction of sp³-hybridized carbons (Fsp3) is 0.0204. The van der Waals surface area contributed by atoms with Crippen molar-refractivity contribution in [2.45, 2.75) is 6.04 Å². The summed E-state index contributed by atoms with van der Waals surface area (Å²) in [5.74, 6) is 1.89. The van der Waals surface area contributed by atoms with E-state index in [0.717, 1.165) is 77.8 Å². The van der Waals surface area contributed by atoms with Crippen LogP contribution in [0.15, 0.2) is 188 Å². The average molecular weight is 720 g/mol. The Hall–Kier alpha value is -7.64. The molecular formula is C49H33N7. The third-order valence-corrected chi connectivity index (χ3v) is 10.1. The second kappa shape index (κ2) is 14.3. The van der Waals surface area contributed by atoms with E-state index >= 15 is 0 Å². The van der Waals surface area contributed by atoms with Gasteiger partial charge in [0.1, 0.15) is 0 Å². The predicted octanol–water partition coefficient (Wildman–Crippen LogP) is 10.8. The summed E-state index contributed by atoms with van der Waals surface area (Å²) in [5, 5.41) is 6.81. The van der Waals surface area contributed by atoms with Gasteiger partial charge in [-0.15, -0.1) is 0 Å². The lowest BCUT2D eigenvalue weighted by Crippen LogP contribution is -2.23. The summed E-state index contributed by atoms with van der Waals surface area (Å²) in [5.41, 5.74) is 10.6. The normalized spacial score (nSPS) is 13.9. The van der Waals surface area contributed by atoms with E-state index < -0.39 is 0 Å². The molecule has 0 amide bonds. The Morgan fingerprint density at radius 1 is 0.446 bits per heavy atom. The van der Waals surface area contributed by atoms with Gasteiger partial charge in [-0.3, -0.25) is 9.97 Å². The molecule has 1 aliphatic rings. The molecule has 5 heterocycles. The minimum absolute atomic E-state index is 0.104. The van der Waals surface area contributed by atoms with Gasteiger partial charge in [-0.2, -0.15) is 0 Å². The highest BCUT2D eigenvalue weighted by Crippen LogP contribution is 2.37. The summed E-state index contributed by atoms with van der Waals surface area (Å²) in [6, 6.07) is 55.4. The highest BCUT2D eigenvalue weighted by atomic mass is 15.0. The van der Waals surface area contributed by atoms with Crippen molar-refractivity contribution >= 4 is 32.9 Å². The zero-order valence-electron chi connectivity index (χ0n) is 30.2. The first kappa shape index (κ1) is 33.0. The van der Waals surface area contributed by atoms with Gasteiger partial charge >= 0.3 is 0 Å². The summed E-state index contributed by atoms with van der Waals surface area (Å²) in [6.07, 6.45) is 8.04. The molecule has 9 aromatic rings. The molecule has 1 aliphatic heterocycles. The monoisotopic (exact) mass is 719 g/mol. The number of dihydropyridines is 1. The first-order valence-corrected chi connectivity index (χ1v) is 18.6. The Balaban J connectivity index is 1.04. The van der Waals surface area contributed by atoms with Gasteiger partial charge in [-0.05, 0) is 82.6 Å². The van der Waals surface area contributed by atoms with Crippen molar-refractivity contribution < 1.29 is 0 Å². The number of aromatic nitrogens is 6. The van der Waals surface area contributed by atoms with Crippen LogP contribution < -0.4 is 5.32 Å². The molecular weight excluding hydrogens is 687 g/mol. The molecule has 4 aromatic heterocycles. The number of pyridine rings is 3. The van der Waals surface area contributed by atoms with Crippen molar-refractivity contribution in [3.05, 3.63) is 205 Å². The SMILES string of the molecule is C1=C(c2ccc3nc(-c4ccc(-c5nc(-c6ccccc6)nc(-c6ccccc6)n5)c5ccccc45)ccc3c2)C=C(c2ccccn2)NC1c1ccccn1. The molecule has 0 saturated carbocycles. The molecule has 7 heteroatoms. The number of nitrogens with one attached hydrogen (secondary N) is 1. The summed E-state index contributed by atoms with van der Waals surface area (Å²) in [6.45, 7) is 0. The fourth-order valence-electron chi connectivity index (χ4n) is 7.30. The third kappa shape index (κ3) is 6.37. The first-order chi connectivity index (χ1) is 27.7. The number of nitrogens with zero attached hydrogens (tertiary/aromatic N) is 6. The summed E-state index contributed by atoms with van der Waals surface area (Å²) >= 11 is 0. The van der Waals surface area contributed by atoms with Crippen LogP contribution in [0.25, 0.3) is 78.4 Å². The van der Waals surface area contributed by atoms with Gasteiger partial charge in [0.25, 0.3) is 0 Å². The molecule has 1 unspecified atom stereocenters. The number of hydrogen-bond donors (Lipinski definition) is 1. The van der Waals surface area contributed by atoms with E-state index in [9.17, 15) is 0 Å². The van der Waals surface area contributed by atoms with Crippen molar-refractivity contribution in [2.24, 2.45) is 0 Å². The molecule has 0 spiro atoms. The molecule has 0 bridgehead atoms. The zero-order valence-corrected chi connectivity index (χ0v) is 30.2. The van der Waals surface area contributed by atoms with Crippen LogP contribution in [-0.4, -0.2) is 29.9 Å². The summed E-state index contributed by atoms with van der Waals surface area (Å²) < 4.78 is 0. The average Bonchev–Trinajstić information content (AvgIpc) is 3.29. The van der Waals surface area contributed by atoms with E-state index in [1.54, 1.807) is 0 Å². The molecule has 0 fully saturated rings. The third-order valence-electron chi connectivity index (χ3n) is 10.1. The van der Waals surface area contributed by atoms with Crippen LogP contribution in [0.3, 0.4) is 0 Å². The van der Waals surface area contributed by atoms with Gasteiger partial charge in [0.05, 0.1) is 34.3 Å². The maximum atomic E-state index is 5.21. The minimum atomic E-state index is -0.104. The van der Waals surface area contributed by atoms with E-state index in [0.29, 0.717) is 17.5 Å². The van der Waals surface area contributed by atoms with E-state index in [1.165, 1.54) is 0 Å². The Bertz CT molecular complexity index is 2870. The molecule has 0 aliphatic carbocycles. The number of benzene rings is 5. The lowest BCUT2D eigenvalue weighted by Gasteiger charge is -2.24. The van der Waals surface area contributed by atoms with Gasteiger partial charge in [0.15, 0.2) is 17.5 Å². The number of rotatable bonds is 7. The molecule has 1 N–H and O–H groups in total. The molecule has 56 heavy (non-hydrogen) atoms. The van der Waals surface area contributed by atoms with E-state index in [-0.39, 0.29) is 6.04 Å². The maximum Gasteiger partial charge on any atom is 0.164 e. The first-order valence-electron chi connectivity index (χ1n) is 18.6. The second-order valence-corrected chi connectivity index (χ2v) is 13.6. The predicted molar refractivity (Wildman–Crippen MR) is 225 cm³/mol. The van der Waals surface area contributed by atoms with Gasteiger partial charge < -0.3 is 5.32 Å². The zero-order chi connectivity index (χ0) is 37.3. The van der Waals surface area contributed by atoms with E-state index in [2.05, 4.69) is 94.2 Å². The second-order valence-electron chi connectivity index (χ2n) is 13.6. The lowest BCUT2D eigenvalue weighted by atomic mass is 9.94. The summed E-state index contributed by atoms with van der Waals surface area (Å²) in [7, 11) is 0.